The molecule has 0 aliphatic heterocycles. The Kier molecular flexibility index (Phi) is 3.15. The highest BCUT2D eigenvalue weighted by Crippen LogP contribution is 2.47. The zero-order chi connectivity index (χ0) is 16.0. The number of nitro groups is 1. The second-order valence-electron chi connectivity index (χ2n) is 6.14. The molecule has 0 heterocycles. The Morgan fingerprint density at radius 1 is 0.957 bits per heavy atom. The minimum atomic E-state index is -0.490. The van der Waals surface area contributed by atoms with Gasteiger partial charge in [0, 0.05) is 18.1 Å². The van der Waals surface area contributed by atoms with Crippen LogP contribution in [0.2, 0.25) is 0 Å². The van der Waals surface area contributed by atoms with E-state index in [-0.39, 0.29) is 17.7 Å². The van der Waals surface area contributed by atoms with E-state index in [2.05, 4.69) is 30.4 Å². The average Bonchev–Trinajstić information content (AvgIpc) is 3.16. The van der Waals surface area contributed by atoms with E-state index in [4.69, 9.17) is 4.74 Å². The topological polar surface area (TPSA) is 69.4 Å². The van der Waals surface area contributed by atoms with E-state index < -0.39 is 10.9 Å². The Hall–Kier alpha value is -2.69. The third-order valence-electron chi connectivity index (χ3n) is 4.90. The van der Waals surface area contributed by atoms with E-state index in [9.17, 15) is 14.9 Å². The van der Waals surface area contributed by atoms with Crippen LogP contribution in [0, 0.1) is 33.8 Å². The molecule has 1 aromatic carbocycles. The second kappa shape index (κ2) is 5.19. The smallest absolute Gasteiger partial charge is 0.338 e. The minimum Gasteiger partial charge on any atom is -0.454 e. The van der Waals surface area contributed by atoms with Crippen molar-refractivity contribution in [3.05, 3.63) is 76.4 Å². The van der Waals surface area contributed by atoms with Gasteiger partial charge in [0.1, 0.15) is 6.10 Å². The van der Waals surface area contributed by atoms with Crippen molar-refractivity contribution in [2.24, 2.45) is 23.7 Å². The maximum absolute atomic E-state index is 12.3. The highest BCUT2D eigenvalue weighted by atomic mass is 16.6. The monoisotopic (exact) mass is 309 g/mol. The molecule has 0 spiro atoms. The standard InChI is InChI=1S/C18H15NO4/c20-18(13-3-7-14(8-4-13)19(21)22)23-16-10-6-12-2-1-11-5-9-15(16)17(11)12/h1-12,15-17H/t11-,12-,15-,16+,17-/m0/s1. The number of nitro benzene ring substituents is 1. The molecule has 3 aliphatic rings. The number of carbonyl (C=O) groups excluding carboxylic acids is 1. The van der Waals surface area contributed by atoms with E-state index >= 15 is 0 Å². The number of allylic oxidation sites excluding steroid dienone is 4. The van der Waals surface area contributed by atoms with Crippen molar-refractivity contribution >= 4 is 11.7 Å². The highest BCUT2D eigenvalue weighted by Gasteiger charge is 2.44. The van der Waals surface area contributed by atoms with E-state index in [1.807, 2.05) is 6.08 Å². The van der Waals surface area contributed by atoms with Crippen molar-refractivity contribution in [3.63, 3.8) is 0 Å². The predicted molar refractivity (Wildman–Crippen MR) is 83.7 cm³/mol. The normalized spacial score (nSPS) is 32.8. The first-order valence-electron chi connectivity index (χ1n) is 7.64. The molecule has 0 bridgehead atoms. The quantitative estimate of drug-likeness (QED) is 0.372. The number of ether oxygens (including phenoxy) is 1. The van der Waals surface area contributed by atoms with E-state index in [1.165, 1.54) is 24.3 Å². The summed E-state index contributed by atoms with van der Waals surface area (Å²) >= 11 is 0. The van der Waals surface area contributed by atoms with Crippen LogP contribution >= 0.6 is 0 Å². The lowest BCUT2D eigenvalue weighted by molar-refractivity contribution is -0.384. The lowest BCUT2D eigenvalue weighted by Gasteiger charge is -2.33. The minimum absolute atomic E-state index is 0.0412. The maximum Gasteiger partial charge on any atom is 0.338 e. The molecule has 5 heteroatoms. The first-order valence-corrected chi connectivity index (χ1v) is 7.64. The van der Waals surface area contributed by atoms with Crippen LogP contribution in [0.1, 0.15) is 10.4 Å². The summed E-state index contributed by atoms with van der Waals surface area (Å²) in [6, 6.07) is 5.49. The second-order valence-corrected chi connectivity index (χ2v) is 6.14. The molecule has 116 valence electrons. The fourth-order valence-electron chi connectivity index (χ4n) is 3.78. The fourth-order valence-corrected chi connectivity index (χ4v) is 3.78. The molecule has 0 saturated carbocycles. The Morgan fingerprint density at radius 3 is 2.22 bits per heavy atom. The number of non-ortho nitro benzene ring substituents is 1. The number of rotatable bonds is 3. The number of hydrogen-bond acceptors (Lipinski definition) is 4. The Balaban J connectivity index is 1.50. The average molecular weight is 309 g/mol. The van der Waals surface area contributed by atoms with E-state index in [0.29, 0.717) is 23.3 Å². The van der Waals surface area contributed by atoms with Crippen molar-refractivity contribution < 1.29 is 14.5 Å². The Bertz CT molecular complexity index is 747. The van der Waals surface area contributed by atoms with E-state index in [0.717, 1.165) is 0 Å². The summed E-state index contributed by atoms with van der Waals surface area (Å²) in [6.45, 7) is 0. The lowest BCUT2D eigenvalue weighted by Crippen LogP contribution is -2.34. The molecule has 0 saturated heterocycles. The van der Waals surface area contributed by atoms with Crippen LogP contribution in [-0.4, -0.2) is 17.0 Å². The molecule has 0 fully saturated rings. The molecular weight excluding hydrogens is 294 g/mol. The van der Waals surface area contributed by atoms with Gasteiger partial charge in [0.15, 0.2) is 0 Å². The summed E-state index contributed by atoms with van der Waals surface area (Å²) in [4.78, 5) is 22.5. The molecule has 4 rings (SSSR count). The molecule has 5 nitrogen and oxygen atoms in total. The molecule has 0 radical (unpaired) electrons. The van der Waals surface area contributed by atoms with Crippen LogP contribution in [0.25, 0.3) is 0 Å². The van der Waals surface area contributed by atoms with Crippen LogP contribution in [0.15, 0.2) is 60.7 Å². The SMILES string of the molecule is O=C(O[C@@H]1C=C[C@@H]2C=C[C@H]3C=C[C@@H]1[C@@H]32)c1ccc([N+](=O)[O-])cc1. The molecule has 3 aliphatic carbocycles. The Morgan fingerprint density at radius 2 is 1.57 bits per heavy atom. The van der Waals surface area contributed by atoms with Crippen molar-refractivity contribution in [3.8, 4) is 0 Å². The predicted octanol–water partition coefficient (Wildman–Crippen LogP) is 3.29. The molecular formula is C18H15NO4. The molecule has 0 aromatic heterocycles. The van der Waals surface area contributed by atoms with Gasteiger partial charge in [-0.1, -0.05) is 30.4 Å². The zero-order valence-electron chi connectivity index (χ0n) is 12.2. The summed E-state index contributed by atoms with van der Waals surface area (Å²) < 4.78 is 5.64. The molecule has 0 unspecified atom stereocenters. The third kappa shape index (κ3) is 2.29. The van der Waals surface area contributed by atoms with Gasteiger partial charge in [0.05, 0.1) is 10.5 Å². The van der Waals surface area contributed by atoms with Crippen molar-refractivity contribution in [1.29, 1.82) is 0 Å². The largest absolute Gasteiger partial charge is 0.454 e. The number of benzene rings is 1. The van der Waals surface area contributed by atoms with Gasteiger partial charge in [-0.3, -0.25) is 10.1 Å². The van der Waals surface area contributed by atoms with Gasteiger partial charge in [-0.2, -0.15) is 0 Å². The molecule has 0 amide bonds. The summed E-state index contributed by atoms with van der Waals surface area (Å²) in [7, 11) is 0. The Labute approximate surface area is 133 Å². The number of carbonyl (C=O) groups is 1. The summed E-state index contributed by atoms with van der Waals surface area (Å²) in [6.07, 6.45) is 12.6. The third-order valence-corrected chi connectivity index (χ3v) is 4.90. The molecule has 0 N–H and O–H groups in total. The number of nitrogens with zero attached hydrogens (tertiary/aromatic N) is 1. The summed E-state index contributed by atoms with van der Waals surface area (Å²) in [5.74, 6) is 1.07. The van der Waals surface area contributed by atoms with E-state index in [1.54, 1.807) is 0 Å². The van der Waals surface area contributed by atoms with Crippen LogP contribution in [0.3, 0.4) is 0 Å². The highest BCUT2D eigenvalue weighted by molar-refractivity contribution is 5.89. The maximum atomic E-state index is 12.3. The van der Waals surface area contributed by atoms with Crippen LogP contribution in [0.4, 0.5) is 5.69 Å². The number of esters is 1. The molecule has 1 aromatic rings. The first kappa shape index (κ1) is 13.9. The molecule has 5 atom stereocenters. The van der Waals surface area contributed by atoms with Gasteiger partial charge >= 0.3 is 5.97 Å². The van der Waals surface area contributed by atoms with Gasteiger partial charge in [-0.25, -0.2) is 4.79 Å². The van der Waals surface area contributed by atoms with Gasteiger partial charge in [0.25, 0.3) is 5.69 Å². The van der Waals surface area contributed by atoms with Crippen molar-refractivity contribution in [2.75, 3.05) is 0 Å². The van der Waals surface area contributed by atoms with Gasteiger partial charge in [-0.15, -0.1) is 0 Å². The summed E-state index contributed by atoms with van der Waals surface area (Å²) in [5, 5.41) is 10.7. The van der Waals surface area contributed by atoms with Gasteiger partial charge < -0.3 is 4.74 Å². The van der Waals surface area contributed by atoms with Gasteiger partial charge in [-0.05, 0) is 36.0 Å². The van der Waals surface area contributed by atoms with Crippen LogP contribution in [0.5, 0.6) is 0 Å². The molecule has 23 heavy (non-hydrogen) atoms. The van der Waals surface area contributed by atoms with Crippen molar-refractivity contribution in [1.82, 2.24) is 0 Å². The fraction of sp³-hybridized carbons (Fsp3) is 0.278. The number of hydrogen-bond donors (Lipinski definition) is 0. The van der Waals surface area contributed by atoms with Crippen LogP contribution < -0.4 is 0 Å². The lowest BCUT2D eigenvalue weighted by atomic mass is 9.76. The van der Waals surface area contributed by atoms with Crippen LogP contribution in [-0.2, 0) is 4.74 Å². The zero-order valence-corrected chi connectivity index (χ0v) is 12.2. The first-order chi connectivity index (χ1) is 11.1. The van der Waals surface area contributed by atoms with Gasteiger partial charge in [0.2, 0.25) is 0 Å². The van der Waals surface area contributed by atoms with Crippen molar-refractivity contribution in [2.45, 2.75) is 6.10 Å². The summed E-state index contributed by atoms with van der Waals surface area (Å²) in [5.41, 5.74) is 0.287.